The molecule has 140 valence electrons. The van der Waals surface area contributed by atoms with E-state index in [4.69, 9.17) is 9.47 Å². The Morgan fingerprint density at radius 3 is 2.71 bits per heavy atom. The third-order valence-corrected chi connectivity index (χ3v) is 5.57. The second-order valence-electron chi connectivity index (χ2n) is 6.71. The molecule has 2 aromatic heterocycles. The highest BCUT2D eigenvalue weighted by Gasteiger charge is 2.15. The molecule has 0 amide bonds. The van der Waals surface area contributed by atoms with Crippen LogP contribution < -0.4 is 14.4 Å². The van der Waals surface area contributed by atoms with Crippen LogP contribution in [0.15, 0.2) is 48.1 Å². The Morgan fingerprint density at radius 2 is 1.86 bits per heavy atom. The number of fused-ring (bicyclic) bond motifs is 2. The van der Waals surface area contributed by atoms with Crippen LogP contribution >= 0.6 is 11.3 Å². The Kier molecular flexibility index (Phi) is 4.09. The van der Waals surface area contributed by atoms with Gasteiger partial charge in [0.05, 0.1) is 22.8 Å². The first kappa shape index (κ1) is 16.9. The summed E-state index contributed by atoms with van der Waals surface area (Å²) in [7, 11) is 2.03. The van der Waals surface area contributed by atoms with E-state index >= 15 is 0 Å². The number of aromatic nitrogens is 3. The average Bonchev–Trinajstić information content (AvgIpc) is 3.35. The molecule has 0 atom stereocenters. The average molecular weight is 390 g/mol. The molecule has 0 radical (unpaired) electrons. The highest BCUT2D eigenvalue weighted by molar-refractivity contribution is 7.09. The zero-order chi connectivity index (χ0) is 19.1. The number of rotatable bonds is 4. The lowest BCUT2D eigenvalue weighted by molar-refractivity contribution is 0.174. The molecule has 0 N–H and O–H groups in total. The summed E-state index contributed by atoms with van der Waals surface area (Å²) in [5.41, 5.74) is 4.10. The first-order chi connectivity index (χ1) is 13.7. The summed E-state index contributed by atoms with van der Waals surface area (Å²) in [4.78, 5) is 15.7. The number of hydrogen-bond acceptors (Lipinski definition) is 7. The molecule has 0 spiro atoms. The van der Waals surface area contributed by atoms with Gasteiger partial charge in [-0.1, -0.05) is 12.1 Å². The minimum Gasteiger partial charge on any atom is -0.454 e. The van der Waals surface area contributed by atoms with E-state index in [9.17, 15) is 0 Å². The number of hydrogen-bond donors (Lipinski definition) is 0. The maximum Gasteiger partial charge on any atom is 0.231 e. The zero-order valence-corrected chi connectivity index (χ0v) is 16.4. The van der Waals surface area contributed by atoms with Crippen LogP contribution in [0, 0.1) is 6.92 Å². The maximum atomic E-state index is 5.50. The third kappa shape index (κ3) is 3.03. The van der Waals surface area contributed by atoms with Crippen molar-refractivity contribution >= 4 is 28.1 Å². The molecule has 0 saturated heterocycles. The molecule has 6 nitrogen and oxygen atoms in total. The normalized spacial score (nSPS) is 12.5. The number of benzene rings is 2. The van der Waals surface area contributed by atoms with Gasteiger partial charge in [-0.05, 0) is 42.3 Å². The highest BCUT2D eigenvalue weighted by Crippen LogP contribution is 2.37. The fraction of sp³-hybridized carbons (Fsp3) is 0.190. The van der Waals surface area contributed by atoms with Gasteiger partial charge in [0, 0.05) is 17.8 Å². The van der Waals surface area contributed by atoms with E-state index in [1.807, 2.05) is 32.2 Å². The van der Waals surface area contributed by atoms with Gasteiger partial charge >= 0.3 is 0 Å². The van der Waals surface area contributed by atoms with E-state index in [-0.39, 0.29) is 6.79 Å². The number of anilines is 1. The van der Waals surface area contributed by atoms with Gasteiger partial charge in [-0.25, -0.2) is 15.0 Å². The second kappa shape index (κ2) is 6.76. The molecule has 4 aromatic rings. The predicted octanol–water partition coefficient (Wildman–Crippen LogP) is 4.43. The van der Waals surface area contributed by atoms with Crippen molar-refractivity contribution in [1.82, 2.24) is 15.0 Å². The minimum absolute atomic E-state index is 0.276. The summed E-state index contributed by atoms with van der Waals surface area (Å²) in [5.74, 6) is 2.46. The van der Waals surface area contributed by atoms with Crippen molar-refractivity contribution in [1.29, 1.82) is 0 Å². The van der Waals surface area contributed by atoms with E-state index in [0.29, 0.717) is 6.54 Å². The molecule has 0 saturated carbocycles. The molecule has 0 bridgehead atoms. The molecule has 3 heterocycles. The summed E-state index contributed by atoms with van der Waals surface area (Å²) in [6.07, 6.45) is 1.61. The predicted molar refractivity (Wildman–Crippen MR) is 110 cm³/mol. The number of aryl methyl sites for hydroxylation is 1. The van der Waals surface area contributed by atoms with Crippen molar-refractivity contribution in [3.05, 3.63) is 58.8 Å². The summed E-state index contributed by atoms with van der Waals surface area (Å²) >= 11 is 1.66. The number of nitrogens with zero attached hydrogens (tertiary/aromatic N) is 4. The Hall–Kier alpha value is -3.19. The number of thiazole rings is 1. The van der Waals surface area contributed by atoms with Gasteiger partial charge in [0.15, 0.2) is 11.5 Å². The van der Waals surface area contributed by atoms with E-state index in [2.05, 4.69) is 43.4 Å². The lowest BCUT2D eigenvalue weighted by Crippen LogP contribution is -2.18. The van der Waals surface area contributed by atoms with Crippen molar-refractivity contribution in [2.75, 3.05) is 18.7 Å². The Bertz CT molecular complexity index is 1170. The monoisotopic (exact) mass is 390 g/mol. The van der Waals surface area contributed by atoms with Crippen molar-refractivity contribution in [2.45, 2.75) is 13.5 Å². The fourth-order valence-corrected chi connectivity index (χ4v) is 4.01. The van der Waals surface area contributed by atoms with E-state index < -0.39 is 0 Å². The topological polar surface area (TPSA) is 60.4 Å². The Morgan fingerprint density at radius 1 is 1.04 bits per heavy atom. The quantitative estimate of drug-likeness (QED) is 0.514. The largest absolute Gasteiger partial charge is 0.454 e. The van der Waals surface area contributed by atoms with Gasteiger partial charge in [-0.2, -0.15) is 0 Å². The Labute approximate surface area is 166 Å². The van der Waals surface area contributed by atoms with Crippen molar-refractivity contribution < 1.29 is 9.47 Å². The van der Waals surface area contributed by atoms with Gasteiger partial charge in [-0.15, -0.1) is 11.3 Å². The second-order valence-corrected chi connectivity index (χ2v) is 7.77. The summed E-state index contributed by atoms with van der Waals surface area (Å²) in [6, 6.07) is 12.2. The van der Waals surface area contributed by atoms with Crippen LogP contribution in [0.1, 0.15) is 10.7 Å². The molecule has 7 heteroatoms. The molecule has 1 aliphatic heterocycles. The van der Waals surface area contributed by atoms with Crippen molar-refractivity contribution in [2.24, 2.45) is 0 Å². The first-order valence-electron chi connectivity index (χ1n) is 8.94. The zero-order valence-electron chi connectivity index (χ0n) is 15.5. The van der Waals surface area contributed by atoms with Gasteiger partial charge in [-0.3, -0.25) is 0 Å². The maximum absolute atomic E-state index is 5.50. The third-order valence-electron chi connectivity index (χ3n) is 4.75. The standard InChI is InChI=1S/C21H18N4O2S/c1-13-24-16(10-28-13)9-25(2)21-17-5-3-14(7-18(17)22-11-23-21)15-4-6-19-20(8-15)27-12-26-19/h3-8,10-11H,9,12H2,1-2H3. The molecule has 0 aliphatic carbocycles. The SMILES string of the molecule is Cc1nc(CN(C)c2ncnc3cc(-c4ccc5c(c4)OCO5)ccc23)cs1. The lowest BCUT2D eigenvalue weighted by atomic mass is 10.0. The lowest BCUT2D eigenvalue weighted by Gasteiger charge is -2.18. The van der Waals surface area contributed by atoms with Crippen LogP contribution in [0.5, 0.6) is 11.5 Å². The van der Waals surface area contributed by atoms with E-state index in [0.717, 1.165) is 50.0 Å². The highest BCUT2D eigenvalue weighted by atomic mass is 32.1. The summed E-state index contributed by atoms with van der Waals surface area (Å²) < 4.78 is 10.9. The van der Waals surface area contributed by atoms with Gasteiger partial charge in [0.2, 0.25) is 6.79 Å². The van der Waals surface area contributed by atoms with Gasteiger partial charge in [0.1, 0.15) is 12.1 Å². The van der Waals surface area contributed by atoms with Crippen LogP contribution in [-0.2, 0) is 6.54 Å². The van der Waals surface area contributed by atoms with E-state index in [1.165, 1.54) is 0 Å². The van der Waals surface area contributed by atoms with Crippen molar-refractivity contribution in [3.63, 3.8) is 0 Å². The van der Waals surface area contributed by atoms with Crippen LogP contribution in [0.3, 0.4) is 0 Å². The minimum atomic E-state index is 0.276. The van der Waals surface area contributed by atoms with Crippen LogP contribution in [0.4, 0.5) is 5.82 Å². The molecule has 28 heavy (non-hydrogen) atoms. The summed E-state index contributed by atoms with van der Waals surface area (Å²) in [6.45, 7) is 3.00. The smallest absolute Gasteiger partial charge is 0.231 e. The molecule has 5 rings (SSSR count). The van der Waals surface area contributed by atoms with Crippen molar-refractivity contribution in [3.8, 4) is 22.6 Å². The molecular weight excluding hydrogens is 372 g/mol. The molecule has 0 unspecified atom stereocenters. The Balaban J connectivity index is 1.49. The van der Waals surface area contributed by atoms with Gasteiger partial charge in [0.25, 0.3) is 0 Å². The van der Waals surface area contributed by atoms with Crippen LogP contribution in [-0.4, -0.2) is 28.8 Å². The fourth-order valence-electron chi connectivity index (χ4n) is 3.40. The molecular formula is C21H18N4O2S. The van der Waals surface area contributed by atoms with Crippen LogP contribution in [0.25, 0.3) is 22.0 Å². The molecule has 0 fully saturated rings. The van der Waals surface area contributed by atoms with Crippen LogP contribution in [0.2, 0.25) is 0 Å². The van der Waals surface area contributed by atoms with E-state index in [1.54, 1.807) is 17.7 Å². The number of ether oxygens (including phenoxy) is 2. The first-order valence-corrected chi connectivity index (χ1v) is 9.82. The summed E-state index contributed by atoms with van der Waals surface area (Å²) in [5, 5.41) is 4.18. The molecule has 1 aliphatic rings. The van der Waals surface area contributed by atoms with Gasteiger partial charge < -0.3 is 14.4 Å². The molecule has 2 aromatic carbocycles.